The fourth-order valence-corrected chi connectivity index (χ4v) is 4.03. The topological polar surface area (TPSA) is 90.0 Å². The molecule has 6 nitrogen and oxygen atoms in total. The second-order valence-electron chi connectivity index (χ2n) is 6.67. The molecule has 2 heterocycles. The molecule has 1 aliphatic rings. The Kier molecular flexibility index (Phi) is 5.53. The lowest BCUT2D eigenvalue weighted by atomic mass is 9.89. The fourth-order valence-electron chi connectivity index (χ4n) is 3.20. The highest BCUT2D eigenvalue weighted by atomic mass is 32.1. The molecule has 2 aromatic heterocycles. The van der Waals surface area contributed by atoms with Crippen LogP contribution in [-0.2, 0) is 11.3 Å². The number of thiophene rings is 1. The molecule has 3 rings (SSSR count). The van der Waals surface area contributed by atoms with Crippen LogP contribution in [0.5, 0.6) is 0 Å². The minimum Gasteiger partial charge on any atom is -0.394 e. The average Bonchev–Trinajstić information content (AvgIpc) is 3.04. The quantitative estimate of drug-likeness (QED) is 0.857. The number of nitrogens with zero attached hydrogens (tertiary/aromatic N) is 2. The van der Waals surface area contributed by atoms with Gasteiger partial charge in [0.05, 0.1) is 4.88 Å². The smallest absolute Gasteiger partial charge is 0.290 e. The lowest BCUT2D eigenvalue weighted by molar-refractivity contribution is -0.122. The number of nitrogens with two attached hydrogens (primary N) is 1. The maximum Gasteiger partial charge on any atom is 0.290 e. The summed E-state index contributed by atoms with van der Waals surface area (Å²) in [4.78, 5) is 26.5. The summed E-state index contributed by atoms with van der Waals surface area (Å²) >= 11 is 1.58. The third kappa shape index (κ3) is 4.48. The van der Waals surface area contributed by atoms with Crippen LogP contribution in [0.15, 0.2) is 23.0 Å². The lowest BCUT2D eigenvalue weighted by Gasteiger charge is -2.21. The van der Waals surface area contributed by atoms with Crippen LogP contribution < -0.4 is 16.6 Å². The van der Waals surface area contributed by atoms with Crippen LogP contribution in [0.2, 0.25) is 0 Å². The summed E-state index contributed by atoms with van der Waals surface area (Å²) in [6.07, 6.45) is 6.09. The standard InChI is InChI=1S/C18H24N4O2S/c1-12-7-8-16(25-12)15-9-14(19)18(24)22(21-15)11-17(23)20-10-13-5-3-2-4-6-13/h7-9,13H,2-6,10-11,19H2,1H3,(H,20,23). The van der Waals surface area contributed by atoms with Crippen LogP contribution in [0.25, 0.3) is 10.6 Å². The Labute approximate surface area is 151 Å². The summed E-state index contributed by atoms with van der Waals surface area (Å²) in [6, 6.07) is 5.51. The molecule has 0 atom stereocenters. The third-order valence-electron chi connectivity index (χ3n) is 4.60. The van der Waals surface area contributed by atoms with Crippen LogP contribution in [0.3, 0.4) is 0 Å². The SMILES string of the molecule is Cc1ccc(-c2cc(N)c(=O)n(CC(=O)NCC3CCCCC3)n2)s1. The molecule has 0 aromatic carbocycles. The molecule has 3 N–H and O–H groups in total. The highest BCUT2D eigenvalue weighted by Gasteiger charge is 2.16. The van der Waals surface area contributed by atoms with Gasteiger partial charge in [0.25, 0.3) is 5.56 Å². The minimum atomic E-state index is -0.426. The molecule has 1 saturated carbocycles. The number of anilines is 1. The molecule has 1 amide bonds. The maximum absolute atomic E-state index is 12.2. The van der Waals surface area contributed by atoms with Crippen molar-refractivity contribution in [2.24, 2.45) is 5.92 Å². The number of hydrogen-bond donors (Lipinski definition) is 2. The normalized spacial score (nSPS) is 15.2. The monoisotopic (exact) mass is 360 g/mol. The van der Waals surface area contributed by atoms with Gasteiger partial charge in [0.2, 0.25) is 5.91 Å². The molecule has 1 fully saturated rings. The van der Waals surface area contributed by atoms with E-state index in [9.17, 15) is 9.59 Å². The summed E-state index contributed by atoms with van der Waals surface area (Å²) in [6.45, 7) is 2.58. The summed E-state index contributed by atoms with van der Waals surface area (Å²) in [5.41, 5.74) is 6.13. The van der Waals surface area contributed by atoms with Crippen molar-refractivity contribution in [2.45, 2.75) is 45.6 Å². The number of nitrogen functional groups attached to an aromatic ring is 1. The van der Waals surface area contributed by atoms with Crippen LogP contribution in [0.4, 0.5) is 5.69 Å². The fraction of sp³-hybridized carbons (Fsp3) is 0.500. The zero-order valence-electron chi connectivity index (χ0n) is 14.5. The summed E-state index contributed by atoms with van der Waals surface area (Å²) in [5.74, 6) is 0.354. The van der Waals surface area contributed by atoms with Crippen LogP contribution in [0.1, 0.15) is 37.0 Å². The van der Waals surface area contributed by atoms with E-state index < -0.39 is 5.56 Å². The Balaban J connectivity index is 1.69. The van der Waals surface area contributed by atoms with Gasteiger partial charge in [-0.1, -0.05) is 19.3 Å². The van der Waals surface area contributed by atoms with Crippen molar-refractivity contribution in [1.82, 2.24) is 15.1 Å². The molecule has 0 spiro atoms. The predicted octanol–water partition coefficient (Wildman–Crippen LogP) is 2.56. The minimum absolute atomic E-state index is 0.103. The lowest BCUT2D eigenvalue weighted by Crippen LogP contribution is -2.37. The Bertz CT molecular complexity index is 806. The van der Waals surface area contributed by atoms with Gasteiger partial charge >= 0.3 is 0 Å². The molecule has 134 valence electrons. The van der Waals surface area contributed by atoms with E-state index in [4.69, 9.17) is 5.73 Å². The first kappa shape index (κ1) is 17.7. The Morgan fingerprint density at radius 1 is 1.36 bits per heavy atom. The first-order valence-electron chi connectivity index (χ1n) is 8.74. The first-order valence-corrected chi connectivity index (χ1v) is 9.55. The summed E-state index contributed by atoms with van der Waals surface area (Å²) in [7, 11) is 0. The Morgan fingerprint density at radius 2 is 2.12 bits per heavy atom. The number of nitrogens with one attached hydrogen (secondary N) is 1. The van der Waals surface area contributed by atoms with E-state index in [1.807, 2.05) is 19.1 Å². The van der Waals surface area contributed by atoms with E-state index in [2.05, 4.69) is 10.4 Å². The van der Waals surface area contributed by atoms with Crippen molar-refractivity contribution < 1.29 is 4.79 Å². The molecular formula is C18H24N4O2S. The van der Waals surface area contributed by atoms with Crippen molar-refractivity contribution in [3.05, 3.63) is 33.4 Å². The van der Waals surface area contributed by atoms with Gasteiger partial charge in [0.15, 0.2) is 0 Å². The maximum atomic E-state index is 12.2. The molecule has 1 aliphatic carbocycles. The predicted molar refractivity (Wildman–Crippen MR) is 101 cm³/mol. The number of rotatable bonds is 5. The van der Waals surface area contributed by atoms with Crippen LogP contribution >= 0.6 is 11.3 Å². The second kappa shape index (κ2) is 7.82. The van der Waals surface area contributed by atoms with Gasteiger partial charge in [-0.3, -0.25) is 9.59 Å². The molecule has 0 unspecified atom stereocenters. The summed E-state index contributed by atoms with van der Waals surface area (Å²) in [5, 5.41) is 7.26. The van der Waals surface area contributed by atoms with E-state index in [0.717, 1.165) is 14.4 Å². The summed E-state index contributed by atoms with van der Waals surface area (Å²) < 4.78 is 1.16. The Hall–Kier alpha value is -2.15. The molecular weight excluding hydrogens is 336 g/mol. The highest BCUT2D eigenvalue weighted by Crippen LogP contribution is 2.26. The van der Waals surface area contributed by atoms with Crippen molar-refractivity contribution in [3.8, 4) is 10.6 Å². The zero-order chi connectivity index (χ0) is 17.8. The third-order valence-corrected chi connectivity index (χ3v) is 5.62. The zero-order valence-corrected chi connectivity index (χ0v) is 15.3. The van der Waals surface area contributed by atoms with Gasteiger partial charge in [0.1, 0.15) is 17.9 Å². The van der Waals surface area contributed by atoms with Gasteiger partial charge in [-0.2, -0.15) is 5.10 Å². The number of amides is 1. The van der Waals surface area contributed by atoms with Gasteiger partial charge in [-0.15, -0.1) is 11.3 Å². The largest absolute Gasteiger partial charge is 0.394 e. The molecule has 0 radical (unpaired) electrons. The second-order valence-corrected chi connectivity index (χ2v) is 7.95. The molecule has 0 bridgehead atoms. The molecule has 7 heteroatoms. The van der Waals surface area contributed by atoms with E-state index in [1.165, 1.54) is 32.1 Å². The number of aryl methyl sites for hydroxylation is 1. The van der Waals surface area contributed by atoms with Gasteiger partial charge < -0.3 is 11.1 Å². The number of carbonyl (C=O) groups excluding carboxylic acids is 1. The van der Waals surface area contributed by atoms with E-state index in [1.54, 1.807) is 17.4 Å². The average molecular weight is 360 g/mol. The number of aromatic nitrogens is 2. The number of carbonyl (C=O) groups is 1. The first-order chi connectivity index (χ1) is 12.0. The molecule has 2 aromatic rings. The van der Waals surface area contributed by atoms with E-state index >= 15 is 0 Å². The Morgan fingerprint density at radius 3 is 2.80 bits per heavy atom. The van der Waals surface area contributed by atoms with Crippen molar-refractivity contribution >= 4 is 22.9 Å². The molecule has 25 heavy (non-hydrogen) atoms. The number of hydrogen-bond acceptors (Lipinski definition) is 5. The van der Waals surface area contributed by atoms with Crippen molar-refractivity contribution in [3.63, 3.8) is 0 Å². The van der Waals surface area contributed by atoms with E-state index in [0.29, 0.717) is 18.2 Å². The van der Waals surface area contributed by atoms with Crippen LogP contribution in [0, 0.1) is 12.8 Å². The van der Waals surface area contributed by atoms with Gasteiger partial charge in [-0.25, -0.2) is 4.68 Å². The van der Waals surface area contributed by atoms with Gasteiger partial charge in [-0.05, 0) is 43.9 Å². The molecule has 0 aliphatic heterocycles. The molecule has 0 saturated heterocycles. The van der Waals surface area contributed by atoms with Gasteiger partial charge in [0, 0.05) is 11.4 Å². The van der Waals surface area contributed by atoms with Crippen LogP contribution in [-0.4, -0.2) is 22.2 Å². The van der Waals surface area contributed by atoms with E-state index in [-0.39, 0.29) is 18.1 Å². The van der Waals surface area contributed by atoms with Crippen molar-refractivity contribution in [2.75, 3.05) is 12.3 Å². The van der Waals surface area contributed by atoms with Crippen molar-refractivity contribution in [1.29, 1.82) is 0 Å². The highest BCUT2D eigenvalue weighted by molar-refractivity contribution is 7.15.